The van der Waals surface area contributed by atoms with Crippen LogP contribution in [0.2, 0.25) is 0 Å². The van der Waals surface area contributed by atoms with Crippen LogP contribution in [0.25, 0.3) is 16.9 Å². The van der Waals surface area contributed by atoms with Crippen LogP contribution < -0.4 is 4.74 Å². The third-order valence-electron chi connectivity index (χ3n) is 5.88. The number of carbonyl (C=O) groups is 1. The second-order valence-electron chi connectivity index (χ2n) is 7.27. The summed E-state index contributed by atoms with van der Waals surface area (Å²) in [6.45, 7) is 1.94. The lowest BCUT2D eigenvalue weighted by Gasteiger charge is -2.36. The second-order valence-corrected chi connectivity index (χ2v) is 7.27. The minimum absolute atomic E-state index is 0.141. The molecule has 0 saturated carbocycles. The molecule has 2 bridgehead atoms. The van der Waals surface area contributed by atoms with Crippen molar-refractivity contribution >= 4 is 11.6 Å². The van der Waals surface area contributed by atoms with E-state index in [0.29, 0.717) is 6.42 Å². The van der Waals surface area contributed by atoms with Gasteiger partial charge < -0.3 is 9.64 Å². The highest BCUT2D eigenvalue weighted by Crippen LogP contribution is 2.44. The van der Waals surface area contributed by atoms with E-state index in [2.05, 4.69) is 9.88 Å². The molecule has 1 amide bonds. The number of hydrogen-bond acceptors (Lipinski definition) is 4. The van der Waals surface area contributed by atoms with Gasteiger partial charge in [0.1, 0.15) is 5.75 Å². The Morgan fingerprint density at radius 1 is 1.30 bits per heavy atom. The van der Waals surface area contributed by atoms with E-state index in [9.17, 15) is 4.79 Å². The van der Waals surface area contributed by atoms with E-state index in [4.69, 9.17) is 9.84 Å². The van der Waals surface area contributed by atoms with Crippen molar-refractivity contribution in [3.63, 3.8) is 0 Å². The Morgan fingerprint density at radius 3 is 2.96 bits per heavy atom. The van der Waals surface area contributed by atoms with Gasteiger partial charge in [-0.3, -0.25) is 4.79 Å². The molecule has 1 aromatic carbocycles. The number of benzene rings is 1. The Bertz CT molecular complexity index is 1040. The highest BCUT2D eigenvalue weighted by Gasteiger charge is 2.43. The molecule has 3 aromatic rings. The van der Waals surface area contributed by atoms with Crippen LogP contribution in [-0.4, -0.2) is 38.6 Å². The van der Waals surface area contributed by atoms with E-state index in [0.717, 1.165) is 47.5 Å². The van der Waals surface area contributed by atoms with Crippen LogP contribution in [0.4, 0.5) is 0 Å². The molecule has 2 aromatic heterocycles. The van der Waals surface area contributed by atoms with E-state index >= 15 is 0 Å². The van der Waals surface area contributed by atoms with Gasteiger partial charge in [-0.25, -0.2) is 9.50 Å². The van der Waals surface area contributed by atoms with Crippen LogP contribution in [0.1, 0.15) is 43.5 Å². The topological polar surface area (TPSA) is 59.7 Å². The summed E-state index contributed by atoms with van der Waals surface area (Å²) >= 11 is 0. The molecule has 0 aliphatic carbocycles. The fourth-order valence-corrected chi connectivity index (χ4v) is 4.64. The zero-order chi connectivity index (χ0) is 18.5. The molecule has 2 aliphatic heterocycles. The van der Waals surface area contributed by atoms with Crippen molar-refractivity contribution in [2.45, 2.75) is 44.7 Å². The van der Waals surface area contributed by atoms with Gasteiger partial charge in [-0.05, 0) is 25.0 Å². The molecule has 0 radical (unpaired) electrons. The molecular weight excluding hydrogens is 340 g/mol. The Hall–Kier alpha value is -2.89. The lowest BCUT2D eigenvalue weighted by molar-refractivity contribution is -0.134. The van der Waals surface area contributed by atoms with Crippen molar-refractivity contribution in [3.05, 3.63) is 47.8 Å². The maximum Gasteiger partial charge on any atom is 0.223 e. The van der Waals surface area contributed by atoms with Crippen LogP contribution in [-0.2, 0) is 11.2 Å². The van der Waals surface area contributed by atoms with Gasteiger partial charge in [0.15, 0.2) is 5.65 Å². The minimum atomic E-state index is 0.141. The monoisotopic (exact) mass is 362 g/mol. The fraction of sp³-hybridized carbons (Fsp3) is 0.381. The number of nitrogens with zero attached hydrogens (tertiary/aromatic N) is 4. The number of amides is 1. The number of para-hydroxylation sites is 1. The highest BCUT2D eigenvalue weighted by molar-refractivity contribution is 5.78. The van der Waals surface area contributed by atoms with Gasteiger partial charge in [-0.2, -0.15) is 5.10 Å². The van der Waals surface area contributed by atoms with Crippen LogP contribution in [0.5, 0.6) is 5.75 Å². The average molecular weight is 362 g/mol. The average Bonchev–Trinajstić information content (AvgIpc) is 3.28. The van der Waals surface area contributed by atoms with Crippen molar-refractivity contribution < 1.29 is 9.53 Å². The lowest BCUT2D eigenvalue weighted by Crippen LogP contribution is -2.42. The number of methoxy groups -OCH3 is 1. The molecule has 27 heavy (non-hydrogen) atoms. The predicted octanol–water partition coefficient (Wildman–Crippen LogP) is 3.40. The standard InChI is InChI=1S/C21H22N4O2/c1-3-21(26)24-13-8-9-17(24)15-12-22-20-11-16(23-25(20)18(15)10-13)14-6-4-5-7-19(14)27-2/h4-7,11-13,17H,3,8-10H2,1-2H3/t13-,17+/m1/s1. The quantitative estimate of drug-likeness (QED) is 0.716. The maximum atomic E-state index is 12.4. The number of hydrogen-bond donors (Lipinski definition) is 0. The van der Waals surface area contributed by atoms with Gasteiger partial charge >= 0.3 is 0 Å². The Labute approximate surface area is 157 Å². The van der Waals surface area contributed by atoms with Crippen molar-refractivity contribution in [2.24, 2.45) is 0 Å². The smallest absolute Gasteiger partial charge is 0.223 e. The molecule has 6 heteroatoms. The van der Waals surface area contributed by atoms with Crippen molar-refractivity contribution in [3.8, 4) is 17.0 Å². The third-order valence-corrected chi connectivity index (χ3v) is 5.88. The largest absolute Gasteiger partial charge is 0.496 e. The minimum Gasteiger partial charge on any atom is -0.496 e. The maximum absolute atomic E-state index is 12.4. The van der Waals surface area contributed by atoms with Gasteiger partial charge in [0.2, 0.25) is 5.91 Å². The summed E-state index contributed by atoms with van der Waals surface area (Å²) < 4.78 is 7.46. The van der Waals surface area contributed by atoms with Gasteiger partial charge in [0, 0.05) is 42.3 Å². The first-order valence-electron chi connectivity index (χ1n) is 9.53. The molecular formula is C21H22N4O2. The Balaban J connectivity index is 1.63. The van der Waals surface area contributed by atoms with Gasteiger partial charge in [-0.15, -0.1) is 0 Å². The zero-order valence-electron chi connectivity index (χ0n) is 15.6. The summed E-state index contributed by atoms with van der Waals surface area (Å²) in [7, 11) is 1.67. The normalized spacial score (nSPS) is 20.7. The van der Waals surface area contributed by atoms with E-state index in [1.165, 1.54) is 5.69 Å². The second kappa shape index (κ2) is 6.08. The molecule has 2 aliphatic rings. The number of carbonyl (C=O) groups excluding carboxylic acids is 1. The summed E-state index contributed by atoms with van der Waals surface area (Å²) in [5, 5.41) is 4.86. The van der Waals surface area contributed by atoms with E-state index in [1.807, 2.05) is 48.0 Å². The first-order chi connectivity index (χ1) is 13.2. The first kappa shape index (κ1) is 16.3. The van der Waals surface area contributed by atoms with Gasteiger partial charge in [0.25, 0.3) is 0 Å². The van der Waals surface area contributed by atoms with Gasteiger partial charge in [0.05, 0.1) is 24.5 Å². The molecule has 138 valence electrons. The molecule has 1 saturated heterocycles. The van der Waals surface area contributed by atoms with E-state index < -0.39 is 0 Å². The molecule has 5 rings (SSSR count). The lowest BCUT2D eigenvalue weighted by atomic mass is 9.99. The third kappa shape index (κ3) is 2.36. The van der Waals surface area contributed by atoms with Crippen LogP contribution >= 0.6 is 0 Å². The summed E-state index contributed by atoms with van der Waals surface area (Å²) in [5.74, 6) is 1.04. The van der Waals surface area contributed by atoms with Crippen LogP contribution in [0, 0.1) is 0 Å². The van der Waals surface area contributed by atoms with Crippen molar-refractivity contribution in [1.29, 1.82) is 0 Å². The molecule has 0 N–H and O–H groups in total. The Kier molecular flexibility index (Phi) is 3.67. The summed E-state index contributed by atoms with van der Waals surface area (Å²) in [6, 6.07) is 10.3. The number of rotatable bonds is 3. The zero-order valence-corrected chi connectivity index (χ0v) is 15.6. The Morgan fingerprint density at radius 2 is 2.15 bits per heavy atom. The van der Waals surface area contributed by atoms with Crippen molar-refractivity contribution in [1.82, 2.24) is 19.5 Å². The first-order valence-corrected chi connectivity index (χ1v) is 9.53. The molecule has 4 heterocycles. The summed E-state index contributed by atoms with van der Waals surface area (Å²) in [6.07, 6.45) is 5.40. The summed E-state index contributed by atoms with van der Waals surface area (Å²) in [5.41, 5.74) is 4.99. The van der Waals surface area contributed by atoms with E-state index in [1.54, 1.807) is 7.11 Å². The van der Waals surface area contributed by atoms with Gasteiger partial charge in [-0.1, -0.05) is 19.1 Å². The van der Waals surface area contributed by atoms with Crippen LogP contribution in [0.15, 0.2) is 36.5 Å². The number of ether oxygens (including phenoxy) is 1. The molecule has 2 atom stereocenters. The number of aromatic nitrogens is 3. The molecule has 0 spiro atoms. The molecule has 0 unspecified atom stereocenters. The molecule has 6 nitrogen and oxygen atoms in total. The highest BCUT2D eigenvalue weighted by atomic mass is 16.5. The van der Waals surface area contributed by atoms with Crippen molar-refractivity contribution in [2.75, 3.05) is 7.11 Å². The van der Waals surface area contributed by atoms with E-state index in [-0.39, 0.29) is 18.0 Å². The summed E-state index contributed by atoms with van der Waals surface area (Å²) in [4.78, 5) is 19.2. The molecule has 1 fully saturated rings. The SMILES string of the molecule is CCC(=O)N1[C@@H]2CC[C@H]1c1cnc3cc(-c4ccccc4OC)nn3c1C2. The number of fused-ring (bicyclic) bond motifs is 6. The van der Waals surface area contributed by atoms with Crippen LogP contribution in [0.3, 0.4) is 0 Å². The predicted molar refractivity (Wildman–Crippen MR) is 102 cm³/mol. The fourth-order valence-electron chi connectivity index (χ4n) is 4.64.